The second kappa shape index (κ2) is 4.39. The van der Waals surface area contributed by atoms with Crippen LogP contribution in [0, 0.1) is 0 Å². The first-order chi connectivity index (χ1) is 6.16. The first kappa shape index (κ1) is 10.2. The molecule has 0 aliphatic heterocycles. The molecule has 1 unspecified atom stereocenters. The van der Waals surface area contributed by atoms with Crippen molar-refractivity contribution in [3.8, 4) is 0 Å². The third kappa shape index (κ3) is 2.29. The van der Waals surface area contributed by atoms with Gasteiger partial charge in [0, 0.05) is 6.04 Å². The molecule has 1 atom stereocenters. The van der Waals surface area contributed by atoms with Crippen molar-refractivity contribution in [3.63, 3.8) is 0 Å². The van der Waals surface area contributed by atoms with Crippen LogP contribution in [-0.2, 0) is 0 Å². The van der Waals surface area contributed by atoms with Crippen molar-refractivity contribution >= 4 is 17.3 Å². The fraction of sp³-hybridized carbons (Fsp3) is 0.444. The summed E-state index contributed by atoms with van der Waals surface area (Å²) in [6, 6.07) is 1.66. The van der Waals surface area contributed by atoms with Gasteiger partial charge in [0.15, 0.2) is 0 Å². The SMILES string of the molecule is CCCC(N)c1ccsc1C(=O)O. The average molecular weight is 199 g/mol. The van der Waals surface area contributed by atoms with Gasteiger partial charge in [-0.1, -0.05) is 13.3 Å². The van der Waals surface area contributed by atoms with Crippen LogP contribution >= 0.6 is 11.3 Å². The Balaban J connectivity index is 2.86. The van der Waals surface area contributed by atoms with E-state index in [1.807, 2.05) is 6.92 Å². The Hall–Kier alpha value is -0.870. The second-order valence-electron chi connectivity index (χ2n) is 2.91. The highest BCUT2D eigenvalue weighted by Crippen LogP contribution is 2.24. The topological polar surface area (TPSA) is 63.3 Å². The van der Waals surface area contributed by atoms with Crippen LogP contribution in [0.4, 0.5) is 0 Å². The van der Waals surface area contributed by atoms with Crippen LogP contribution in [-0.4, -0.2) is 11.1 Å². The zero-order valence-electron chi connectivity index (χ0n) is 7.49. The molecule has 0 spiro atoms. The molecule has 0 fully saturated rings. The van der Waals surface area contributed by atoms with Gasteiger partial charge < -0.3 is 10.8 Å². The molecular formula is C9H13NO2S. The van der Waals surface area contributed by atoms with Gasteiger partial charge in [0.2, 0.25) is 0 Å². The Morgan fingerprint density at radius 2 is 2.46 bits per heavy atom. The third-order valence-corrected chi connectivity index (χ3v) is 2.81. The monoisotopic (exact) mass is 199 g/mol. The number of rotatable bonds is 4. The highest BCUT2D eigenvalue weighted by molar-refractivity contribution is 7.12. The van der Waals surface area contributed by atoms with E-state index in [4.69, 9.17) is 10.8 Å². The second-order valence-corrected chi connectivity index (χ2v) is 3.82. The van der Waals surface area contributed by atoms with Crippen molar-refractivity contribution in [1.29, 1.82) is 0 Å². The minimum atomic E-state index is -0.878. The van der Waals surface area contributed by atoms with Crippen molar-refractivity contribution in [2.45, 2.75) is 25.8 Å². The number of carboxylic acids is 1. The molecule has 1 heterocycles. The van der Waals surface area contributed by atoms with Gasteiger partial charge in [-0.05, 0) is 23.4 Å². The van der Waals surface area contributed by atoms with E-state index in [0.717, 1.165) is 18.4 Å². The molecule has 1 rings (SSSR count). The lowest BCUT2D eigenvalue weighted by molar-refractivity contribution is 0.0700. The van der Waals surface area contributed by atoms with Gasteiger partial charge in [-0.15, -0.1) is 11.3 Å². The summed E-state index contributed by atoms with van der Waals surface area (Å²) >= 11 is 1.23. The molecular weight excluding hydrogens is 186 g/mol. The number of carboxylic acid groups (broad SMARTS) is 1. The van der Waals surface area contributed by atoms with Crippen LogP contribution in [0.5, 0.6) is 0 Å². The molecule has 4 heteroatoms. The molecule has 0 saturated carbocycles. The lowest BCUT2D eigenvalue weighted by Crippen LogP contribution is -2.12. The zero-order valence-corrected chi connectivity index (χ0v) is 8.30. The fourth-order valence-corrected chi connectivity index (χ4v) is 2.06. The molecule has 1 aromatic heterocycles. The van der Waals surface area contributed by atoms with Crippen molar-refractivity contribution < 1.29 is 9.90 Å². The van der Waals surface area contributed by atoms with Crippen LogP contribution in [0.2, 0.25) is 0 Å². The summed E-state index contributed by atoms with van der Waals surface area (Å²) in [6.45, 7) is 2.03. The Bertz CT molecular complexity index is 296. The van der Waals surface area contributed by atoms with E-state index in [-0.39, 0.29) is 6.04 Å². The molecule has 0 aromatic carbocycles. The molecule has 0 saturated heterocycles. The highest BCUT2D eigenvalue weighted by atomic mass is 32.1. The van der Waals surface area contributed by atoms with E-state index in [1.54, 1.807) is 11.4 Å². The zero-order chi connectivity index (χ0) is 9.84. The van der Waals surface area contributed by atoms with E-state index in [1.165, 1.54) is 11.3 Å². The maximum absolute atomic E-state index is 10.7. The minimum Gasteiger partial charge on any atom is -0.477 e. The predicted octanol–water partition coefficient (Wildman–Crippen LogP) is 2.25. The molecule has 0 amide bonds. The Morgan fingerprint density at radius 1 is 1.77 bits per heavy atom. The van der Waals surface area contributed by atoms with Crippen LogP contribution in [0.25, 0.3) is 0 Å². The summed E-state index contributed by atoms with van der Waals surface area (Å²) in [7, 11) is 0. The van der Waals surface area contributed by atoms with Crippen LogP contribution in [0.1, 0.15) is 41.0 Å². The van der Waals surface area contributed by atoms with Crippen molar-refractivity contribution in [3.05, 3.63) is 21.9 Å². The number of hydrogen-bond acceptors (Lipinski definition) is 3. The summed E-state index contributed by atoms with van der Waals surface area (Å²) in [5.41, 5.74) is 6.60. The number of carbonyl (C=O) groups is 1. The largest absolute Gasteiger partial charge is 0.477 e. The Morgan fingerprint density at radius 3 is 3.00 bits per heavy atom. The van der Waals surface area contributed by atoms with Gasteiger partial charge in [-0.3, -0.25) is 0 Å². The summed E-state index contributed by atoms with van der Waals surface area (Å²) < 4.78 is 0. The average Bonchev–Trinajstić information content (AvgIpc) is 2.52. The number of nitrogens with two attached hydrogens (primary N) is 1. The van der Waals surface area contributed by atoms with E-state index in [9.17, 15) is 4.79 Å². The maximum Gasteiger partial charge on any atom is 0.346 e. The van der Waals surface area contributed by atoms with Crippen molar-refractivity contribution in [1.82, 2.24) is 0 Å². The lowest BCUT2D eigenvalue weighted by atomic mass is 10.0. The van der Waals surface area contributed by atoms with Gasteiger partial charge in [-0.2, -0.15) is 0 Å². The summed E-state index contributed by atoms with van der Waals surface area (Å²) in [4.78, 5) is 11.1. The van der Waals surface area contributed by atoms with Crippen LogP contribution < -0.4 is 5.73 Å². The van der Waals surface area contributed by atoms with Crippen molar-refractivity contribution in [2.24, 2.45) is 5.73 Å². The molecule has 72 valence electrons. The molecule has 0 radical (unpaired) electrons. The quantitative estimate of drug-likeness (QED) is 0.781. The number of hydrogen-bond donors (Lipinski definition) is 2. The minimum absolute atomic E-state index is 0.137. The number of aromatic carboxylic acids is 1. The van der Waals surface area contributed by atoms with Crippen molar-refractivity contribution in [2.75, 3.05) is 0 Å². The van der Waals surface area contributed by atoms with Gasteiger partial charge in [-0.25, -0.2) is 4.79 Å². The normalized spacial score (nSPS) is 12.8. The standard InChI is InChI=1S/C9H13NO2S/c1-2-3-7(10)6-4-5-13-8(6)9(11)12/h4-5,7H,2-3,10H2,1H3,(H,11,12). The lowest BCUT2D eigenvalue weighted by Gasteiger charge is -2.08. The van der Waals surface area contributed by atoms with Gasteiger partial charge >= 0.3 is 5.97 Å². The molecule has 3 nitrogen and oxygen atoms in total. The summed E-state index contributed by atoms with van der Waals surface area (Å²) in [5, 5.41) is 10.6. The van der Waals surface area contributed by atoms with E-state index in [2.05, 4.69) is 0 Å². The van der Waals surface area contributed by atoms with E-state index >= 15 is 0 Å². The maximum atomic E-state index is 10.7. The van der Waals surface area contributed by atoms with Gasteiger partial charge in [0.1, 0.15) is 4.88 Å². The summed E-state index contributed by atoms with van der Waals surface area (Å²) in [5.74, 6) is -0.878. The predicted molar refractivity (Wildman–Crippen MR) is 53.1 cm³/mol. The fourth-order valence-electron chi connectivity index (χ4n) is 1.25. The Kier molecular flexibility index (Phi) is 3.45. The first-order valence-corrected chi connectivity index (χ1v) is 5.11. The molecule has 0 bridgehead atoms. The molecule has 3 N–H and O–H groups in total. The van der Waals surface area contributed by atoms with Crippen LogP contribution in [0.3, 0.4) is 0 Å². The molecule has 0 aliphatic rings. The third-order valence-electron chi connectivity index (χ3n) is 1.89. The smallest absolute Gasteiger partial charge is 0.346 e. The highest BCUT2D eigenvalue weighted by Gasteiger charge is 2.16. The number of thiophene rings is 1. The van der Waals surface area contributed by atoms with E-state index < -0.39 is 5.97 Å². The molecule has 0 aliphatic carbocycles. The van der Waals surface area contributed by atoms with Gasteiger partial charge in [0.05, 0.1) is 0 Å². The molecule has 13 heavy (non-hydrogen) atoms. The summed E-state index contributed by atoms with van der Waals surface area (Å²) in [6.07, 6.45) is 1.80. The van der Waals surface area contributed by atoms with Crippen LogP contribution in [0.15, 0.2) is 11.4 Å². The first-order valence-electron chi connectivity index (χ1n) is 4.23. The van der Waals surface area contributed by atoms with E-state index in [0.29, 0.717) is 4.88 Å². The molecule has 1 aromatic rings. The van der Waals surface area contributed by atoms with Gasteiger partial charge in [0.25, 0.3) is 0 Å². The Labute approximate surface area is 81.2 Å².